The highest BCUT2D eigenvalue weighted by Crippen LogP contribution is 2.18. The lowest BCUT2D eigenvalue weighted by atomic mass is 10.3. The number of carbonyl (C=O) groups is 1. The molecule has 3 rings (SSSR count). The van der Waals surface area contributed by atoms with Crippen LogP contribution in [-0.2, 0) is 4.79 Å². The largest absolute Gasteiger partial charge is 0.325 e. The van der Waals surface area contributed by atoms with E-state index in [9.17, 15) is 13.6 Å². The predicted molar refractivity (Wildman–Crippen MR) is 105 cm³/mol. The number of amides is 1. The molecule has 0 unspecified atom stereocenters. The molecule has 1 heterocycles. The highest BCUT2D eigenvalue weighted by molar-refractivity contribution is 7.99. The number of rotatable bonds is 7. The van der Waals surface area contributed by atoms with Crippen LogP contribution in [0.4, 0.5) is 14.5 Å². The van der Waals surface area contributed by atoms with Crippen molar-refractivity contribution in [2.75, 3.05) is 50.3 Å². The molecule has 7 heteroatoms. The molecule has 1 saturated heterocycles. The summed E-state index contributed by atoms with van der Waals surface area (Å²) in [4.78, 5) is 17.7. The third-order valence-corrected chi connectivity index (χ3v) is 5.44. The van der Waals surface area contributed by atoms with Crippen molar-refractivity contribution in [1.82, 2.24) is 9.80 Å². The van der Waals surface area contributed by atoms with E-state index in [1.54, 1.807) is 36.0 Å². The Bertz CT molecular complexity index is 732. The second-order valence-electron chi connectivity index (χ2n) is 6.48. The molecule has 144 valence electrons. The van der Waals surface area contributed by atoms with E-state index in [2.05, 4.69) is 15.1 Å². The zero-order valence-electron chi connectivity index (χ0n) is 15.0. The molecule has 1 aliphatic heterocycles. The van der Waals surface area contributed by atoms with Gasteiger partial charge in [0.15, 0.2) is 0 Å². The van der Waals surface area contributed by atoms with E-state index >= 15 is 0 Å². The highest BCUT2D eigenvalue weighted by Gasteiger charge is 2.18. The molecule has 0 bridgehead atoms. The first-order valence-corrected chi connectivity index (χ1v) is 9.95. The molecule has 1 N–H and O–H groups in total. The van der Waals surface area contributed by atoms with Gasteiger partial charge >= 0.3 is 0 Å². The molecule has 2 aromatic rings. The Labute approximate surface area is 162 Å². The van der Waals surface area contributed by atoms with E-state index in [-0.39, 0.29) is 17.5 Å². The Hall–Kier alpha value is -1.96. The van der Waals surface area contributed by atoms with Crippen molar-refractivity contribution < 1.29 is 13.6 Å². The summed E-state index contributed by atoms with van der Waals surface area (Å²) in [5.41, 5.74) is 0.609. The van der Waals surface area contributed by atoms with Crippen LogP contribution in [0.3, 0.4) is 0 Å². The summed E-state index contributed by atoms with van der Waals surface area (Å²) in [7, 11) is 0. The van der Waals surface area contributed by atoms with E-state index in [0.717, 1.165) is 43.4 Å². The predicted octanol–water partition coefficient (Wildman–Crippen LogP) is 3.31. The molecule has 27 heavy (non-hydrogen) atoms. The van der Waals surface area contributed by atoms with Crippen LogP contribution in [-0.4, -0.2) is 60.7 Å². The summed E-state index contributed by atoms with van der Waals surface area (Å²) in [5, 5.41) is 2.79. The van der Waals surface area contributed by atoms with E-state index in [1.165, 1.54) is 24.3 Å². The SMILES string of the molecule is O=C(CN1CCN(CCSc2ccc(F)cc2)CC1)Nc1ccc(F)cc1. The Morgan fingerprint density at radius 3 is 2.07 bits per heavy atom. The van der Waals surface area contributed by atoms with Gasteiger partial charge < -0.3 is 5.32 Å². The molecule has 1 amide bonds. The van der Waals surface area contributed by atoms with Crippen molar-refractivity contribution in [3.8, 4) is 0 Å². The molecule has 0 spiro atoms. The van der Waals surface area contributed by atoms with Crippen molar-refractivity contribution in [3.05, 3.63) is 60.2 Å². The van der Waals surface area contributed by atoms with Gasteiger partial charge in [0.05, 0.1) is 6.54 Å². The number of nitrogens with zero attached hydrogens (tertiary/aromatic N) is 2. The van der Waals surface area contributed by atoms with E-state index in [0.29, 0.717) is 12.2 Å². The quantitative estimate of drug-likeness (QED) is 0.735. The molecule has 0 atom stereocenters. The summed E-state index contributed by atoms with van der Waals surface area (Å²) in [5.74, 6) is 0.346. The molecule has 0 aromatic heterocycles. The van der Waals surface area contributed by atoms with Gasteiger partial charge in [-0.3, -0.25) is 14.6 Å². The molecule has 0 aliphatic carbocycles. The number of thioether (sulfide) groups is 1. The maximum absolute atomic E-state index is 12.9. The van der Waals surface area contributed by atoms with Crippen LogP contribution in [0.1, 0.15) is 0 Å². The van der Waals surface area contributed by atoms with Crippen molar-refractivity contribution in [3.63, 3.8) is 0 Å². The number of piperazine rings is 1. The van der Waals surface area contributed by atoms with Crippen LogP contribution >= 0.6 is 11.8 Å². The standard InChI is InChI=1S/C20H23F2N3OS/c21-16-1-5-18(6-2-16)23-20(26)15-25-11-9-24(10-12-25)13-14-27-19-7-3-17(22)4-8-19/h1-8H,9-15H2,(H,23,26). The van der Waals surface area contributed by atoms with Gasteiger partial charge in [0.2, 0.25) is 5.91 Å². The van der Waals surface area contributed by atoms with Crippen LogP contribution in [0.2, 0.25) is 0 Å². The smallest absolute Gasteiger partial charge is 0.238 e. The summed E-state index contributed by atoms with van der Waals surface area (Å²) >= 11 is 1.72. The minimum absolute atomic E-state index is 0.0816. The molecule has 0 radical (unpaired) electrons. The summed E-state index contributed by atoms with van der Waals surface area (Å²) in [6.07, 6.45) is 0. The van der Waals surface area contributed by atoms with E-state index in [4.69, 9.17) is 0 Å². The normalized spacial score (nSPS) is 15.6. The van der Waals surface area contributed by atoms with Crippen LogP contribution < -0.4 is 5.32 Å². The molecular weight excluding hydrogens is 368 g/mol. The first-order valence-electron chi connectivity index (χ1n) is 8.97. The number of hydrogen-bond acceptors (Lipinski definition) is 4. The summed E-state index contributed by atoms with van der Waals surface area (Å²) < 4.78 is 25.8. The zero-order chi connectivity index (χ0) is 19.1. The zero-order valence-corrected chi connectivity index (χ0v) is 15.9. The number of nitrogens with one attached hydrogen (secondary N) is 1. The lowest BCUT2D eigenvalue weighted by molar-refractivity contribution is -0.117. The maximum Gasteiger partial charge on any atom is 0.238 e. The topological polar surface area (TPSA) is 35.6 Å². The molecule has 1 aliphatic rings. The van der Waals surface area contributed by atoms with Gasteiger partial charge in [-0.05, 0) is 48.5 Å². The van der Waals surface area contributed by atoms with Crippen LogP contribution in [0.25, 0.3) is 0 Å². The molecular formula is C20H23F2N3OS. The van der Waals surface area contributed by atoms with Crippen LogP contribution in [0.15, 0.2) is 53.4 Å². The second-order valence-corrected chi connectivity index (χ2v) is 7.64. The second kappa shape index (κ2) is 9.82. The Kier molecular flexibility index (Phi) is 7.20. The number of halogens is 2. The van der Waals surface area contributed by atoms with Gasteiger partial charge in [0.25, 0.3) is 0 Å². The average molecular weight is 391 g/mol. The van der Waals surface area contributed by atoms with Gasteiger partial charge in [-0.25, -0.2) is 8.78 Å². The Morgan fingerprint density at radius 2 is 1.44 bits per heavy atom. The van der Waals surface area contributed by atoms with Gasteiger partial charge in [-0.15, -0.1) is 11.8 Å². The Balaban J connectivity index is 1.33. The number of carbonyl (C=O) groups excluding carboxylic acids is 1. The van der Waals surface area contributed by atoms with Crippen molar-refractivity contribution in [2.45, 2.75) is 4.90 Å². The average Bonchev–Trinajstić information content (AvgIpc) is 2.67. The maximum atomic E-state index is 12.9. The third kappa shape index (κ3) is 6.61. The fraction of sp³-hybridized carbons (Fsp3) is 0.350. The van der Waals surface area contributed by atoms with E-state index < -0.39 is 0 Å². The van der Waals surface area contributed by atoms with Crippen molar-refractivity contribution in [2.24, 2.45) is 0 Å². The lowest BCUT2D eigenvalue weighted by Gasteiger charge is -2.34. The van der Waals surface area contributed by atoms with Crippen molar-refractivity contribution in [1.29, 1.82) is 0 Å². The molecule has 2 aromatic carbocycles. The highest BCUT2D eigenvalue weighted by atomic mass is 32.2. The van der Waals surface area contributed by atoms with Gasteiger partial charge in [-0.1, -0.05) is 0 Å². The summed E-state index contributed by atoms with van der Waals surface area (Å²) in [6.45, 7) is 4.85. The molecule has 4 nitrogen and oxygen atoms in total. The number of hydrogen-bond donors (Lipinski definition) is 1. The third-order valence-electron chi connectivity index (χ3n) is 4.45. The van der Waals surface area contributed by atoms with Crippen LogP contribution in [0.5, 0.6) is 0 Å². The van der Waals surface area contributed by atoms with Crippen molar-refractivity contribution >= 4 is 23.4 Å². The lowest BCUT2D eigenvalue weighted by Crippen LogP contribution is -2.49. The summed E-state index contributed by atoms with van der Waals surface area (Å²) in [6, 6.07) is 12.4. The fourth-order valence-electron chi connectivity index (χ4n) is 2.93. The van der Waals surface area contributed by atoms with Gasteiger partial charge in [0.1, 0.15) is 11.6 Å². The van der Waals surface area contributed by atoms with Crippen LogP contribution in [0, 0.1) is 11.6 Å². The Morgan fingerprint density at radius 1 is 0.889 bits per heavy atom. The number of benzene rings is 2. The molecule has 1 fully saturated rings. The number of anilines is 1. The minimum Gasteiger partial charge on any atom is -0.325 e. The van der Waals surface area contributed by atoms with Gasteiger partial charge in [-0.2, -0.15) is 0 Å². The van der Waals surface area contributed by atoms with Gasteiger partial charge in [0, 0.05) is 49.1 Å². The first-order chi connectivity index (χ1) is 13.1. The first kappa shape index (κ1) is 19.8. The minimum atomic E-state index is -0.318. The fourth-order valence-corrected chi connectivity index (χ4v) is 3.84. The monoisotopic (exact) mass is 391 g/mol. The molecule has 0 saturated carbocycles. The van der Waals surface area contributed by atoms with E-state index in [1.807, 2.05) is 0 Å².